The Balaban J connectivity index is 1.36. The number of nitrogens with zero attached hydrogens (tertiary/aromatic N) is 1. The number of hydrogen-bond donors (Lipinski definition) is 4. The van der Waals surface area contributed by atoms with E-state index in [0.717, 1.165) is 47.3 Å². The van der Waals surface area contributed by atoms with Gasteiger partial charge in [0.2, 0.25) is 17.7 Å². The normalized spacial score (nSPS) is 21.1. The summed E-state index contributed by atoms with van der Waals surface area (Å²) in [6, 6.07) is 23.0. The SMILES string of the molecule is Cc1ccc2cc1CNC(=O)[C@H](CCc1ccccc1)NC(=O)[C@@H](NC(=O)Cc1ccccc1)CCNC(=O)N1CCCC(CCO2)C1. The Morgan fingerprint density at radius 3 is 2.42 bits per heavy atom. The Bertz CT molecular complexity index is 1530. The lowest BCUT2D eigenvalue weighted by Crippen LogP contribution is -2.55. The van der Waals surface area contributed by atoms with E-state index in [4.69, 9.17) is 4.74 Å². The Morgan fingerprint density at radius 1 is 0.896 bits per heavy atom. The van der Waals surface area contributed by atoms with Crippen molar-refractivity contribution in [2.24, 2.45) is 5.92 Å². The summed E-state index contributed by atoms with van der Waals surface area (Å²) in [5.74, 6) is -0.0555. The monoisotopic (exact) mass is 653 g/mol. The molecule has 2 aliphatic rings. The molecule has 4 N–H and O–H groups in total. The molecule has 1 saturated heterocycles. The number of urea groups is 1. The Kier molecular flexibility index (Phi) is 12.5. The fourth-order valence-electron chi connectivity index (χ4n) is 6.29. The third-order valence-corrected chi connectivity index (χ3v) is 9.14. The van der Waals surface area contributed by atoms with E-state index >= 15 is 0 Å². The molecule has 5 amide bonds. The smallest absolute Gasteiger partial charge is 0.317 e. The van der Waals surface area contributed by atoms with Crippen LogP contribution in [0.5, 0.6) is 5.75 Å². The van der Waals surface area contributed by atoms with Crippen LogP contribution in [0.25, 0.3) is 0 Å². The standard InChI is InChI=1S/C38H47N5O5/c1-27-14-16-32-24-31(27)25-40-36(45)33(17-15-28-9-4-2-5-10-28)42-37(46)34(41-35(44)23-29-11-6-3-7-12-29)18-20-39-38(47)43-21-8-13-30(26-43)19-22-48-32/h2-7,9-12,14,16,24,30,33-34H,8,13,15,17-23,25-26H2,1H3,(H,39,47)(H,40,45)(H,41,44)(H,42,46)/t30?,33-,34-/m0/s1. The molecule has 3 atom stereocenters. The molecule has 48 heavy (non-hydrogen) atoms. The van der Waals surface area contributed by atoms with Crippen LogP contribution in [0, 0.1) is 12.8 Å². The molecule has 3 aromatic carbocycles. The summed E-state index contributed by atoms with van der Waals surface area (Å²) in [6.07, 6.45) is 3.97. The molecule has 0 spiro atoms. The van der Waals surface area contributed by atoms with Crippen LogP contribution in [0.3, 0.4) is 0 Å². The highest BCUT2D eigenvalue weighted by molar-refractivity contribution is 5.92. The van der Waals surface area contributed by atoms with Gasteiger partial charge in [-0.25, -0.2) is 4.79 Å². The first-order valence-electron chi connectivity index (χ1n) is 17.0. The van der Waals surface area contributed by atoms with Gasteiger partial charge in [0.25, 0.3) is 0 Å². The van der Waals surface area contributed by atoms with Crippen molar-refractivity contribution >= 4 is 23.8 Å². The van der Waals surface area contributed by atoms with E-state index in [1.165, 1.54) is 0 Å². The summed E-state index contributed by atoms with van der Waals surface area (Å²) in [5.41, 5.74) is 3.81. The van der Waals surface area contributed by atoms with E-state index < -0.39 is 18.0 Å². The lowest BCUT2D eigenvalue weighted by atomic mass is 9.95. The van der Waals surface area contributed by atoms with Crippen molar-refractivity contribution in [3.05, 3.63) is 101 Å². The molecule has 254 valence electrons. The minimum Gasteiger partial charge on any atom is -0.494 e. The number of carbonyl (C=O) groups excluding carboxylic acids is 4. The van der Waals surface area contributed by atoms with Gasteiger partial charge >= 0.3 is 6.03 Å². The van der Waals surface area contributed by atoms with E-state index in [0.29, 0.717) is 38.5 Å². The highest BCUT2D eigenvalue weighted by atomic mass is 16.5. The Hall–Kier alpha value is -4.86. The highest BCUT2D eigenvalue weighted by Gasteiger charge is 2.28. The van der Waals surface area contributed by atoms with Crippen LogP contribution in [-0.4, -0.2) is 67.0 Å². The van der Waals surface area contributed by atoms with E-state index in [1.807, 2.05) is 90.7 Å². The van der Waals surface area contributed by atoms with Crippen molar-refractivity contribution in [2.45, 2.75) is 70.5 Å². The van der Waals surface area contributed by atoms with Crippen LogP contribution >= 0.6 is 0 Å². The highest BCUT2D eigenvalue weighted by Crippen LogP contribution is 2.22. The molecular formula is C38H47N5O5. The molecule has 0 aromatic heterocycles. The van der Waals surface area contributed by atoms with Gasteiger partial charge in [0.05, 0.1) is 13.0 Å². The molecule has 1 unspecified atom stereocenters. The van der Waals surface area contributed by atoms with Gasteiger partial charge in [-0.1, -0.05) is 66.7 Å². The van der Waals surface area contributed by atoms with Crippen molar-refractivity contribution in [3.8, 4) is 5.75 Å². The molecule has 10 heteroatoms. The van der Waals surface area contributed by atoms with Crippen LogP contribution in [0.15, 0.2) is 78.9 Å². The van der Waals surface area contributed by atoms with Crippen LogP contribution in [0.2, 0.25) is 0 Å². The molecule has 5 rings (SSSR count). The largest absolute Gasteiger partial charge is 0.494 e. The zero-order chi connectivity index (χ0) is 33.7. The molecule has 10 nitrogen and oxygen atoms in total. The number of piperidine rings is 1. The maximum atomic E-state index is 13.9. The average molecular weight is 654 g/mol. The summed E-state index contributed by atoms with van der Waals surface area (Å²) in [5, 5.41) is 11.8. The van der Waals surface area contributed by atoms with Crippen molar-refractivity contribution < 1.29 is 23.9 Å². The van der Waals surface area contributed by atoms with Gasteiger partial charge in [0.15, 0.2) is 0 Å². The van der Waals surface area contributed by atoms with Gasteiger partial charge in [-0.3, -0.25) is 14.4 Å². The van der Waals surface area contributed by atoms with Gasteiger partial charge < -0.3 is 30.9 Å². The zero-order valence-electron chi connectivity index (χ0n) is 27.7. The topological polar surface area (TPSA) is 129 Å². The van der Waals surface area contributed by atoms with Crippen molar-refractivity contribution in [1.29, 1.82) is 0 Å². The fourth-order valence-corrected chi connectivity index (χ4v) is 6.29. The first kappa shape index (κ1) is 34.5. The second-order valence-electron chi connectivity index (χ2n) is 12.8. The first-order chi connectivity index (χ1) is 23.3. The quantitative estimate of drug-likeness (QED) is 0.319. The first-order valence-corrected chi connectivity index (χ1v) is 17.0. The summed E-state index contributed by atoms with van der Waals surface area (Å²) in [7, 11) is 0. The molecule has 2 heterocycles. The molecule has 1 fully saturated rings. The number of nitrogens with one attached hydrogen (secondary N) is 4. The number of carbonyl (C=O) groups is 4. The van der Waals surface area contributed by atoms with Crippen molar-refractivity contribution in [2.75, 3.05) is 26.2 Å². The number of fused-ring (bicyclic) bond motifs is 4. The summed E-state index contributed by atoms with van der Waals surface area (Å²) < 4.78 is 6.11. The van der Waals surface area contributed by atoms with Crippen LogP contribution in [-0.2, 0) is 33.8 Å². The van der Waals surface area contributed by atoms with Crippen molar-refractivity contribution in [1.82, 2.24) is 26.2 Å². The molecule has 4 bridgehead atoms. The number of rotatable bonds is 6. The predicted molar refractivity (Wildman–Crippen MR) is 184 cm³/mol. The third kappa shape index (κ3) is 10.3. The van der Waals surface area contributed by atoms with Gasteiger partial charge in [0, 0.05) is 26.2 Å². The third-order valence-electron chi connectivity index (χ3n) is 9.14. The summed E-state index contributed by atoms with van der Waals surface area (Å²) in [4.78, 5) is 55.6. The van der Waals surface area contributed by atoms with Gasteiger partial charge in [-0.15, -0.1) is 0 Å². The van der Waals surface area contributed by atoms with Crippen LogP contribution in [0.1, 0.15) is 54.4 Å². The summed E-state index contributed by atoms with van der Waals surface area (Å²) in [6.45, 7) is 4.29. The average Bonchev–Trinajstić information content (AvgIpc) is 3.10. The van der Waals surface area contributed by atoms with E-state index in [1.54, 1.807) is 0 Å². The predicted octanol–water partition coefficient (Wildman–Crippen LogP) is 4.05. The molecule has 0 saturated carbocycles. The molecule has 0 aliphatic carbocycles. The fraction of sp³-hybridized carbons (Fsp3) is 0.421. The van der Waals surface area contributed by atoms with E-state index in [9.17, 15) is 19.2 Å². The Morgan fingerprint density at radius 2 is 1.65 bits per heavy atom. The van der Waals surface area contributed by atoms with Gasteiger partial charge in [-0.05, 0) is 85.8 Å². The maximum absolute atomic E-state index is 13.9. The molecule has 2 aliphatic heterocycles. The van der Waals surface area contributed by atoms with E-state index in [-0.39, 0.29) is 43.8 Å². The number of ether oxygens (including phenoxy) is 1. The van der Waals surface area contributed by atoms with Gasteiger partial charge in [-0.2, -0.15) is 0 Å². The minimum absolute atomic E-state index is 0.103. The van der Waals surface area contributed by atoms with Crippen molar-refractivity contribution in [3.63, 3.8) is 0 Å². The molecule has 3 aromatic rings. The Labute approximate surface area is 283 Å². The second kappa shape index (κ2) is 17.3. The molecule has 0 radical (unpaired) electrons. The number of amides is 5. The lowest BCUT2D eigenvalue weighted by Gasteiger charge is -2.33. The van der Waals surface area contributed by atoms with Gasteiger partial charge in [0.1, 0.15) is 17.8 Å². The molecular weight excluding hydrogens is 606 g/mol. The number of hydrogen-bond acceptors (Lipinski definition) is 5. The summed E-state index contributed by atoms with van der Waals surface area (Å²) >= 11 is 0. The van der Waals surface area contributed by atoms with Crippen LogP contribution < -0.4 is 26.0 Å². The van der Waals surface area contributed by atoms with E-state index in [2.05, 4.69) is 21.3 Å². The number of benzene rings is 3. The van der Waals surface area contributed by atoms with Crippen LogP contribution in [0.4, 0.5) is 4.79 Å². The lowest BCUT2D eigenvalue weighted by molar-refractivity contribution is -0.132. The number of aryl methyl sites for hydroxylation is 2. The zero-order valence-corrected chi connectivity index (χ0v) is 27.7. The minimum atomic E-state index is -0.954. The maximum Gasteiger partial charge on any atom is 0.317 e. The second-order valence-corrected chi connectivity index (χ2v) is 12.8.